The minimum Gasteiger partial charge on any atom is -0.0850 e. The molecule has 3 aliphatic carbocycles. The molecule has 1 saturated carbocycles. The van der Waals surface area contributed by atoms with Gasteiger partial charge in [-0.15, -0.1) is 0 Å². The van der Waals surface area contributed by atoms with Crippen molar-refractivity contribution in [3.63, 3.8) is 0 Å². The quantitative estimate of drug-likeness (QED) is 0.552. The van der Waals surface area contributed by atoms with E-state index in [1.807, 2.05) is 0 Å². The van der Waals surface area contributed by atoms with E-state index in [1.54, 1.807) is 16.7 Å². The zero-order valence-corrected chi connectivity index (χ0v) is 14.4. The van der Waals surface area contributed by atoms with Gasteiger partial charge in [-0.2, -0.15) is 0 Å². The summed E-state index contributed by atoms with van der Waals surface area (Å²) in [5.74, 6) is 1.56. The van der Waals surface area contributed by atoms with Gasteiger partial charge >= 0.3 is 0 Å². The molecule has 2 atom stereocenters. The fraction of sp³-hybridized carbons (Fsp3) is 0.478. The minimum absolute atomic E-state index is 0.610. The topological polar surface area (TPSA) is 0 Å². The van der Waals surface area contributed by atoms with Gasteiger partial charge in [-0.3, -0.25) is 0 Å². The van der Waals surface area contributed by atoms with Crippen LogP contribution in [0.15, 0.2) is 42.0 Å². The van der Waals surface area contributed by atoms with Crippen LogP contribution in [0.1, 0.15) is 62.1 Å². The summed E-state index contributed by atoms with van der Waals surface area (Å²) >= 11 is 0. The molecule has 0 saturated heterocycles. The molecule has 0 N–H and O–H groups in total. The number of rotatable bonds is 1. The van der Waals surface area contributed by atoms with Crippen molar-refractivity contribution in [3.05, 3.63) is 58.7 Å². The number of hydrogen-bond acceptors (Lipinski definition) is 0. The molecule has 3 aliphatic rings. The van der Waals surface area contributed by atoms with Crippen LogP contribution in [0.2, 0.25) is 0 Å². The highest BCUT2D eigenvalue weighted by atomic mass is 14.5. The van der Waals surface area contributed by atoms with Gasteiger partial charge in [-0.25, -0.2) is 0 Å². The average Bonchev–Trinajstić information content (AvgIpc) is 3.13. The summed E-state index contributed by atoms with van der Waals surface area (Å²) in [5, 5.41) is 2.88. The Morgan fingerprint density at radius 2 is 1.87 bits per heavy atom. The molecule has 1 spiro atoms. The molecule has 0 heterocycles. The van der Waals surface area contributed by atoms with E-state index in [-0.39, 0.29) is 0 Å². The Kier molecular flexibility index (Phi) is 2.84. The zero-order chi connectivity index (χ0) is 15.6. The summed E-state index contributed by atoms with van der Waals surface area (Å²) in [4.78, 5) is 0. The fourth-order valence-electron chi connectivity index (χ4n) is 5.52. The van der Waals surface area contributed by atoms with E-state index < -0.39 is 0 Å². The second kappa shape index (κ2) is 4.72. The van der Waals surface area contributed by atoms with E-state index in [0.717, 1.165) is 5.92 Å². The van der Waals surface area contributed by atoms with Gasteiger partial charge < -0.3 is 0 Å². The van der Waals surface area contributed by atoms with Gasteiger partial charge in [0.1, 0.15) is 0 Å². The second-order valence-corrected chi connectivity index (χ2v) is 8.60. The Morgan fingerprint density at radius 1 is 1.00 bits per heavy atom. The molecular weight excluding hydrogens is 276 g/mol. The highest BCUT2D eigenvalue weighted by Gasteiger charge is 2.48. The van der Waals surface area contributed by atoms with E-state index in [1.165, 1.54) is 54.9 Å². The average molecular weight is 302 g/mol. The Balaban J connectivity index is 1.58. The van der Waals surface area contributed by atoms with E-state index in [0.29, 0.717) is 11.3 Å². The van der Waals surface area contributed by atoms with Crippen molar-refractivity contribution >= 4 is 10.8 Å². The lowest BCUT2D eigenvalue weighted by molar-refractivity contribution is 0.169. The van der Waals surface area contributed by atoms with Crippen LogP contribution in [-0.4, -0.2) is 0 Å². The highest BCUT2D eigenvalue weighted by Crippen LogP contribution is 2.58. The number of fused-ring (bicyclic) bond motifs is 5. The first-order valence-electron chi connectivity index (χ1n) is 9.36. The van der Waals surface area contributed by atoms with Crippen molar-refractivity contribution in [3.8, 4) is 0 Å². The van der Waals surface area contributed by atoms with E-state index in [2.05, 4.69) is 50.3 Å². The normalized spacial score (nSPS) is 28.7. The summed E-state index contributed by atoms with van der Waals surface area (Å²) in [6, 6.07) is 12.1. The maximum atomic E-state index is 2.53. The lowest BCUT2D eigenvalue weighted by Crippen LogP contribution is -2.33. The van der Waals surface area contributed by atoms with Crippen molar-refractivity contribution in [2.45, 2.75) is 58.3 Å². The number of aryl methyl sites for hydroxylation is 1. The van der Waals surface area contributed by atoms with Crippen LogP contribution in [-0.2, 0) is 12.8 Å². The lowest BCUT2D eigenvalue weighted by Gasteiger charge is -2.40. The maximum Gasteiger partial charge on any atom is -0.0178 e. The molecule has 0 radical (unpaired) electrons. The molecule has 0 nitrogen and oxygen atoms in total. The first kappa shape index (κ1) is 13.8. The third-order valence-electron chi connectivity index (χ3n) is 6.93. The Hall–Kier alpha value is -1.56. The Labute approximate surface area is 139 Å². The molecule has 2 bridgehead atoms. The van der Waals surface area contributed by atoms with Gasteiger partial charge in [-0.05, 0) is 83.2 Å². The van der Waals surface area contributed by atoms with E-state index in [9.17, 15) is 0 Å². The number of hydrogen-bond donors (Lipinski definition) is 0. The molecule has 118 valence electrons. The lowest BCUT2D eigenvalue weighted by atomic mass is 9.64. The van der Waals surface area contributed by atoms with E-state index in [4.69, 9.17) is 0 Å². The molecule has 2 aromatic carbocycles. The predicted octanol–water partition coefficient (Wildman–Crippen LogP) is 6.18. The van der Waals surface area contributed by atoms with Gasteiger partial charge in [-0.1, -0.05) is 55.8 Å². The third kappa shape index (κ3) is 2.04. The third-order valence-corrected chi connectivity index (χ3v) is 6.93. The molecule has 0 aromatic heterocycles. The highest BCUT2D eigenvalue weighted by molar-refractivity contribution is 5.85. The van der Waals surface area contributed by atoms with Crippen molar-refractivity contribution < 1.29 is 0 Å². The number of allylic oxidation sites excluding steroid dienone is 2. The Bertz CT molecular complexity index is 823. The Morgan fingerprint density at radius 3 is 2.61 bits per heavy atom. The molecule has 23 heavy (non-hydrogen) atoms. The van der Waals surface area contributed by atoms with Crippen molar-refractivity contribution in [1.29, 1.82) is 0 Å². The SMILES string of the molecule is CC(C)c1ccc2cc3c(cc2c1)CC1(CC3)CC2=CCC1C2. The van der Waals surface area contributed by atoms with Crippen LogP contribution in [0.25, 0.3) is 10.8 Å². The summed E-state index contributed by atoms with van der Waals surface area (Å²) < 4.78 is 0. The van der Waals surface area contributed by atoms with Crippen molar-refractivity contribution in [2.24, 2.45) is 11.3 Å². The van der Waals surface area contributed by atoms with Gasteiger partial charge in [0, 0.05) is 0 Å². The predicted molar refractivity (Wildman–Crippen MR) is 97.9 cm³/mol. The van der Waals surface area contributed by atoms with Crippen LogP contribution < -0.4 is 0 Å². The van der Waals surface area contributed by atoms with Gasteiger partial charge in [0.2, 0.25) is 0 Å². The standard InChI is InChI=1S/C23H26/c1-15(2)17-4-5-18-11-19-7-8-23(13-16-3-6-22(23)9-16)14-21(19)12-20(18)10-17/h3-5,10-12,15,22H,6-9,13-14H2,1-2H3. The summed E-state index contributed by atoms with van der Waals surface area (Å²) in [6.07, 6.45) is 10.7. The first-order valence-corrected chi connectivity index (χ1v) is 9.36. The van der Waals surface area contributed by atoms with Gasteiger partial charge in [0.15, 0.2) is 0 Å². The summed E-state index contributed by atoms with van der Waals surface area (Å²) in [5.41, 5.74) is 7.12. The molecule has 1 fully saturated rings. The minimum atomic E-state index is 0.610. The van der Waals surface area contributed by atoms with Crippen LogP contribution >= 0.6 is 0 Å². The van der Waals surface area contributed by atoms with E-state index >= 15 is 0 Å². The summed E-state index contributed by atoms with van der Waals surface area (Å²) in [6.45, 7) is 4.58. The molecule has 0 heteroatoms. The molecule has 2 unspecified atom stereocenters. The molecule has 5 rings (SSSR count). The molecule has 2 aromatic rings. The zero-order valence-electron chi connectivity index (χ0n) is 14.4. The van der Waals surface area contributed by atoms with Crippen molar-refractivity contribution in [1.82, 2.24) is 0 Å². The van der Waals surface area contributed by atoms with Gasteiger partial charge in [0.05, 0.1) is 0 Å². The van der Waals surface area contributed by atoms with Crippen molar-refractivity contribution in [2.75, 3.05) is 0 Å². The molecular formula is C23H26. The summed E-state index contributed by atoms with van der Waals surface area (Å²) in [7, 11) is 0. The number of benzene rings is 2. The second-order valence-electron chi connectivity index (χ2n) is 8.60. The van der Waals surface area contributed by atoms with Crippen LogP contribution in [0.3, 0.4) is 0 Å². The first-order chi connectivity index (χ1) is 11.1. The molecule has 0 amide bonds. The van der Waals surface area contributed by atoms with Crippen LogP contribution in [0.4, 0.5) is 0 Å². The van der Waals surface area contributed by atoms with Gasteiger partial charge in [0.25, 0.3) is 0 Å². The smallest absolute Gasteiger partial charge is 0.0178 e. The van der Waals surface area contributed by atoms with Crippen LogP contribution in [0, 0.1) is 11.3 Å². The largest absolute Gasteiger partial charge is 0.0850 e. The fourth-order valence-corrected chi connectivity index (χ4v) is 5.52. The maximum absolute atomic E-state index is 2.53. The monoisotopic (exact) mass is 302 g/mol. The molecule has 0 aliphatic heterocycles. The van der Waals surface area contributed by atoms with Crippen LogP contribution in [0.5, 0.6) is 0 Å².